The zero-order valence-corrected chi connectivity index (χ0v) is 17.3. The number of aryl methyl sites for hydroxylation is 2. The van der Waals surface area contributed by atoms with Crippen molar-refractivity contribution in [2.24, 2.45) is 0 Å². The maximum absolute atomic E-state index is 13.9. The zero-order chi connectivity index (χ0) is 21.7. The van der Waals surface area contributed by atoms with Crippen molar-refractivity contribution in [2.75, 3.05) is 32.7 Å². The molecule has 0 spiro atoms. The molecule has 0 unspecified atom stereocenters. The number of nitrogens with zero attached hydrogens (tertiary/aromatic N) is 2. The Morgan fingerprint density at radius 3 is 2.27 bits per heavy atom. The Bertz CT molecular complexity index is 940. The summed E-state index contributed by atoms with van der Waals surface area (Å²) in [5.74, 6) is -1.41. The van der Waals surface area contributed by atoms with Crippen LogP contribution < -0.4 is 5.32 Å². The van der Waals surface area contributed by atoms with Gasteiger partial charge in [-0.1, -0.05) is 29.3 Å². The molecule has 2 aromatic rings. The first kappa shape index (κ1) is 21.5. The maximum Gasteiger partial charge on any atom is 0.256 e. The molecule has 0 aromatic heterocycles. The van der Waals surface area contributed by atoms with Crippen molar-refractivity contribution in [2.45, 2.75) is 20.3 Å². The standard InChI is InChI=1S/C23H26FN3O3/c1-16-12-17(2)14-18(13-16)22(29)25-15-21(28)26-8-5-9-27(11-10-26)23(30)19-6-3-4-7-20(19)24/h3-4,6-7,12-14H,5,8-11,15H2,1-2H3,(H,25,29). The van der Waals surface area contributed by atoms with Gasteiger partial charge >= 0.3 is 0 Å². The van der Waals surface area contributed by atoms with Crippen LogP contribution in [0.25, 0.3) is 0 Å². The van der Waals surface area contributed by atoms with Crippen LogP contribution in [0.3, 0.4) is 0 Å². The van der Waals surface area contributed by atoms with E-state index >= 15 is 0 Å². The molecular formula is C23H26FN3O3. The van der Waals surface area contributed by atoms with Gasteiger partial charge in [0.15, 0.2) is 0 Å². The van der Waals surface area contributed by atoms with Crippen molar-refractivity contribution in [3.05, 3.63) is 70.5 Å². The van der Waals surface area contributed by atoms with E-state index in [1.807, 2.05) is 19.9 Å². The van der Waals surface area contributed by atoms with Gasteiger partial charge in [0.1, 0.15) is 5.82 Å². The number of halogens is 1. The lowest BCUT2D eigenvalue weighted by atomic mass is 10.1. The lowest BCUT2D eigenvalue weighted by Gasteiger charge is -2.22. The van der Waals surface area contributed by atoms with Gasteiger partial charge in [-0.2, -0.15) is 0 Å². The third-order valence-electron chi connectivity index (χ3n) is 5.12. The highest BCUT2D eigenvalue weighted by molar-refractivity contribution is 5.97. The molecule has 1 aliphatic rings. The van der Waals surface area contributed by atoms with Gasteiger partial charge in [0, 0.05) is 31.7 Å². The molecule has 1 aliphatic heterocycles. The molecular weight excluding hydrogens is 385 g/mol. The second-order valence-corrected chi connectivity index (χ2v) is 7.57. The summed E-state index contributed by atoms with van der Waals surface area (Å²) in [6, 6.07) is 11.4. The SMILES string of the molecule is Cc1cc(C)cc(C(=O)NCC(=O)N2CCCN(C(=O)c3ccccc3F)CC2)c1. The Morgan fingerprint density at radius 1 is 0.933 bits per heavy atom. The average molecular weight is 411 g/mol. The minimum atomic E-state index is -0.547. The molecule has 0 atom stereocenters. The molecule has 1 heterocycles. The average Bonchev–Trinajstić information content (AvgIpc) is 2.97. The molecule has 1 N–H and O–H groups in total. The molecule has 0 saturated carbocycles. The zero-order valence-electron chi connectivity index (χ0n) is 17.3. The second-order valence-electron chi connectivity index (χ2n) is 7.57. The van der Waals surface area contributed by atoms with Gasteiger partial charge in [-0.15, -0.1) is 0 Å². The van der Waals surface area contributed by atoms with E-state index in [0.717, 1.165) is 11.1 Å². The number of amides is 3. The van der Waals surface area contributed by atoms with Gasteiger partial charge in [-0.3, -0.25) is 14.4 Å². The highest BCUT2D eigenvalue weighted by Crippen LogP contribution is 2.13. The number of hydrogen-bond donors (Lipinski definition) is 1. The van der Waals surface area contributed by atoms with E-state index in [0.29, 0.717) is 38.2 Å². The molecule has 1 fully saturated rings. The van der Waals surface area contributed by atoms with Crippen LogP contribution in [0.5, 0.6) is 0 Å². The van der Waals surface area contributed by atoms with Crippen molar-refractivity contribution < 1.29 is 18.8 Å². The summed E-state index contributed by atoms with van der Waals surface area (Å²) in [7, 11) is 0. The molecule has 0 radical (unpaired) electrons. The normalized spacial score (nSPS) is 14.2. The Labute approximate surface area is 175 Å². The lowest BCUT2D eigenvalue weighted by molar-refractivity contribution is -0.129. The summed E-state index contributed by atoms with van der Waals surface area (Å²) in [6.07, 6.45) is 0.594. The van der Waals surface area contributed by atoms with Crippen LogP contribution >= 0.6 is 0 Å². The van der Waals surface area contributed by atoms with E-state index in [2.05, 4.69) is 5.32 Å². The first-order valence-corrected chi connectivity index (χ1v) is 10.0. The molecule has 7 heteroatoms. The van der Waals surface area contributed by atoms with Gasteiger partial charge in [0.05, 0.1) is 12.1 Å². The van der Waals surface area contributed by atoms with Crippen LogP contribution in [0.4, 0.5) is 4.39 Å². The van der Waals surface area contributed by atoms with Crippen LogP contribution in [0, 0.1) is 19.7 Å². The molecule has 3 rings (SSSR count). The van der Waals surface area contributed by atoms with Crippen LogP contribution in [0.15, 0.2) is 42.5 Å². The van der Waals surface area contributed by atoms with Gasteiger partial charge in [0.25, 0.3) is 11.8 Å². The molecule has 6 nitrogen and oxygen atoms in total. The van der Waals surface area contributed by atoms with Crippen molar-refractivity contribution in [1.82, 2.24) is 15.1 Å². The maximum atomic E-state index is 13.9. The van der Waals surface area contributed by atoms with Gasteiger partial charge in [-0.05, 0) is 44.5 Å². The summed E-state index contributed by atoms with van der Waals surface area (Å²) in [5.41, 5.74) is 2.54. The van der Waals surface area contributed by atoms with Gasteiger partial charge in [-0.25, -0.2) is 4.39 Å². The van der Waals surface area contributed by atoms with E-state index in [1.54, 1.807) is 34.1 Å². The summed E-state index contributed by atoms with van der Waals surface area (Å²) in [5, 5.41) is 2.68. The predicted octanol–water partition coefficient (Wildman–Crippen LogP) is 2.55. The van der Waals surface area contributed by atoms with E-state index < -0.39 is 5.82 Å². The van der Waals surface area contributed by atoms with Crippen LogP contribution in [0.2, 0.25) is 0 Å². The van der Waals surface area contributed by atoms with Crippen molar-refractivity contribution >= 4 is 17.7 Å². The molecule has 30 heavy (non-hydrogen) atoms. The Kier molecular flexibility index (Phi) is 6.82. The van der Waals surface area contributed by atoms with E-state index in [4.69, 9.17) is 0 Å². The third-order valence-corrected chi connectivity index (χ3v) is 5.12. The first-order valence-electron chi connectivity index (χ1n) is 10.0. The Morgan fingerprint density at radius 2 is 1.57 bits per heavy atom. The minimum Gasteiger partial charge on any atom is -0.343 e. The molecule has 0 bridgehead atoms. The predicted molar refractivity (Wildman–Crippen MR) is 112 cm³/mol. The molecule has 1 saturated heterocycles. The van der Waals surface area contributed by atoms with E-state index in [9.17, 15) is 18.8 Å². The first-order chi connectivity index (χ1) is 14.3. The highest BCUT2D eigenvalue weighted by atomic mass is 19.1. The second kappa shape index (κ2) is 9.52. The molecule has 158 valence electrons. The van der Waals surface area contributed by atoms with Crippen LogP contribution in [-0.2, 0) is 4.79 Å². The monoisotopic (exact) mass is 411 g/mol. The number of carbonyl (C=O) groups excluding carboxylic acids is 3. The fourth-order valence-electron chi connectivity index (χ4n) is 3.65. The Balaban J connectivity index is 1.54. The molecule has 2 aromatic carbocycles. The fraction of sp³-hybridized carbons (Fsp3) is 0.348. The topological polar surface area (TPSA) is 69.7 Å². The van der Waals surface area contributed by atoms with E-state index in [1.165, 1.54) is 12.1 Å². The minimum absolute atomic E-state index is 0.0398. The van der Waals surface area contributed by atoms with Gasteiger partial charge < -0.3 is 15.1 Å². The van der Waals surface area contributed by atoms with Crippen LogP contribution in [0.1, 0.15) is 38.3 Å². The van der Waals surface area contributed by atoms with Crippen molar-refractivity contribution in [3.63, 3.8) is 0 Å². The van der Waals surface area contributed by atoms with Crippen molar-refractivity contribution in [1.29, 1.82) is 0 Å². The number of hydrogen-bond acceptors (Lipinski definition) is 3. The summed E-state index contributed by atoms with van der Waals surface area (Å²) >= 11 is 0. The highest BCUT2D eigenvalue weighted by Gasteiger charge is 2.24. The summed E-state index contributed by atoms with van der Waals surface area (Å²) in [4.78, 5) is 40.7. The van der Waals surface area contributed by atoms with Crippen molar-refractivity contribution in [3.8, 4) is 0 Å². The number of rotatable bonds is 4. The summed E-state index contributed by atoms with van der Waals surface area (Å²) < 4.78 is 13.9. The molecule has 0 aliphatic carbocycles. The smallest absolute Gasteiger partial charge is 0.256 e. The molecule has 3 amide bonds. The quantitative estimate of drug-likeness (QED) is 0.841. The third kappa shape index (κ3) is 5.23. The van der Waals surface area contributed by atoms with E-state index in [-0.39, 0.29) is 29.8 Å². The number of nitrogens with one attached hydrogen (secondary N) is 1. The number of benzene rings is 2. The largest absolute Gasteiger partial charge is 0.343 e. The fourth-order valence-corrected chi connectivity index (χ4v) is 3.65. The Hall–Kier alpha value is -3.22. The van der Waals surface area contributed by atoms with Crippen LogP contribution in [-0.4, -0.2) is 60.2 Å². The summed E-state index contributed by atoms with van der Waals surface area (Å²) in [6.45, 7) is 5.34. The number of carbonyl (C=O) groups is 3. The lowest BCUT2D eigenvalue weighted by Crippen LogP contribution is -2.42. The van der Waals surface area contributed by atoms with Gasteiger partial charge in [0.2, 0.25) is 5.91 Å².